The number of hydrogen-bond acceptors (Lipinski definition) is 4. The number of thiocarbonyl (C=S) groups is 1. The Bertz CT molecular complexity index is 811. The largest absolute Gasteiger partial charge is 0.369 e. The number of rotatable bonds is 4. The number of anilines is 1. The molecule has 0 aliphatic carbocycles. The van der Waals surface area contributed by atoms with E-state index in [-0.39, 0.29) is 53.5 Å². The number of likely N-dealkylation sites (tertiary alicyclic amines) is 1. The highest BCUT2D eigenvalue weighted by Gasteiger charge is 2.60. The summed E-state index contributed by atoms with van der Waals surface area (Å²) in [5, 5.41) is 6.01. The predicted octanol–water partition coefficient (Wildman–Crippen LogP) is 0.226. The maximum Gasteiger partial charge on any atom is 0.236 e. The Hall–Kier alpha value is -2.78. The fourth-order valence-corrected chi connectivity index (χ4v) is 3.91. The van der Waals surface area contributed by atoms with Gasteiger partial charge in [0, 0.05) is 18.8 Å². The highest BCUT2D eigenvalue weighted by molar-refractivity contribution is 7.80. The van der Waals surface area contributed by atoms with Crippen LogP contribution >= 0.6 is 12.2 Å². The molecule has 8 nitrogen and oxygen atoms in total. The van der Waals surface area contributed by atoms with E-state index in [0.29, 0.717) is 6.54 Å². The fraction of sp³-hybridized carbons (Fsp3) is 0.333. The molecule has 3 heterocycles. The van der Waals surface area contributed by atoms with Gasteiger partial charge in [-0.3, -0.25) is 14.5 Å². The maximum absolute atomic E-state index is 12.5. The number of hydrogen-bond donors (Lipinski definition) is 3. The average molecular weight is 385 g/mol. The zero-order valence-corrected chi connectivity index (χ0v) is 15.2. The Labute approximate surface area is 161 Å². The maximum atomic E-state index is 12.5. The van der Waals surface area contributed by atoms with Crippen LogP contribution in [0, 0.1) is 11.8 Å². The summed E-state index contributed by atoms with van der Waals surface area (Å²) >= 11 is 5.14. The van der Waals surface area contributed by atoms with Crippen molar-refractivity contribution in [1.29, 1.82) is 0 Å². The highest BCUT2D eigenvalue weighted by Crippen LogP contribution is 2.44. The molecule has 2 saturated heterocycles. The smallest absolute Gasteiger partial charge is 0.236 e. The van der Waals surface area contributed by atoms with E-state index in [1.165, 1.54) is 4.90 Å². The van der Waals surface area contributed by atoms with Gasteiger partial charge in [0.15, 0.2) is 5.11 Å². The van der Waals surface area contributed by atoms with Gasteiger partial charge in [0.1, 0.15) is 0 Å². The number of nitrogens with two attached hydrogens (primary N) is 1. The Morgan fingerprint density at radius 2 is 1.78 bits per heavy atom. The van der Waals surface area contributed by atoms with Crippen LogP contribution in [0.1, 0.15) is 0 Å². The van der Waals surface area contributed by atoms with Crippen LogP contribution in [0.25, 0.3) is 0 Å². The monoisotopic (exact) mass is 385 g/mol. The molecule has 27 heavy (non-hydrogen) atoms. The number of amides is 2. The minimum absolute atomic E-state index is 0.154. The van der Waals surface area contributed by atoms with Crippen LogP contribution in [0.4, 0.5) is 5.69 Å². The second-order valence-corrected chi connectivity index (χ2v) is 6.94. The summed E-state index contributed by atoms with van der Waals surface area (Å²) in [5.74, 6) is -0.973. The molecule has 2 amide bonds. The minimum Gasteiger partial charge on any atom is -0.369 e. The number of fused-ring (bicyclic) bond motifs is 5. The number of ether oxygens (including phenoxy) is 1. The number of imide groups is 1. The number of para-hydroxylation sites is 1. The van der Waals surface area contributed by atoms with Gasteiger partial charge in [-0.1, -0.05) is 30.4 Å². The Kier molecular flexibility index (Phi) is 4.63. The van der Waals surface area contributed by atoms with E-state index in [1.54, 1.807) is 0 Å². The summed E-state index contributed by atoms with van der Waals surface area (Å²) in [6, 6.07) is 9.35. The molecule has 9 heteroatoms. The van der Waals surface area contributed by atoms with Gasteiger partial charge < -0.3 is 21.1 Å². The first-order chi connectivity index (χ1) is 13.0. The molecule has 3 aliphatic rings. The molecule has 4 unspecified atom stereocenters. The number of carbonyl (C=O) groups excluding carboxylic acids is 2. The molecule has 4 N–H and O–H groups in total. The van der Waals surface area contributed by atoms with Crippen molar-refractivity contribution in [2.45, 2.75) is 12.2 Å². The number of aliphatic imine (C=N–C) groups is 1. The first-order valence-electron chi connectivity index (χ1n) is 8.67. The minimum atomic E-state index is -0.386. The third kappa shape index (κ3) is 3.31. The normalized spacial score (nSPS) is 28.6. The molecular weight excluding hydrogens is 366 g/mol. The number of guanidine groups is 1. The van der Waals surface area contributed by atoms with Crippen molar-refractivity contribution in [3.05, 3.63) is 42.5 Å². The summed E-state index contributed by atoms with van der Waals surface area (Å²) in [4.78, 5) is 30.4. The summed E-state index contributed by atoms with van der Waals surface area (Å²) in [7, 11) is 0. The SMILES string of the molecule is N/C(=N\C(=S)NCCN1C(=O)C2C3C=CC(O3)C2C1=O)Nc1ccccc1. The zero-order valence-electron chi connectivity index (χ0n) is 14.4. The Morgan fingerprint density at radius 3 is 2.41 bits per heavy atom. The van der Waals surface area contributed by atoms with Crippen molar-refractivity contribution in [3.8, 4) is 0 Å². The number of benzene rings is 1. The molecule has 0 aromatic heterocycles. The summed E-state index contributed by atoms with van der Waals surface area (Å²) < 4.78 is 5.61. The number of nitrogens with one attached hydrogen (secondary N) is 2. The van der Waals surface area contributed by atoms with Crippen LogP contribution in [0.3, 0.4) is 0 Å². The van der Waals surface area contributed by atoms with Gasteiger partial charge >= 0.3 is 0 Å². The molecule has 140 valence electrons. The molecule has 0 saturated carbocycles. The first kappa shape index (κ1) is 17.6. The van der Waals surface area contributed by atoms with E-state index in [4.69, 9.17) is 22.7 Å². The van der Waals surface area contributed by atoms with Crippen LogP contribution in [0.2, 0.25) is 0 Å². The van der Waals surface area contributed by atoms with Crippen LogP contribution in [0.5, 0.6) is 0 Å². The van der Waals surface area contributed by atoms with Crippen molar-refractivity contribution in [2.75, 3.05) is 18.4 Å². The van der Waals surface area contributed by atoms with Gasteiger partial charge in [0.05, 0.1) is 24.0 Å². The van der Waals surface area contributed by atoms with Gasteiger partial charge in [0.25, 0.3) is 0 Å². The van der Waals surface area contributed by atoms with Crippen LogP contribution in [-0.4, -0.2) is 53.1 Å². The first-order valence-corrected chi connectivity index (χ1v) is 9.08. The van der Waals surface area contributed by atoms with Gasteiger partial charge in [-0.05, 0) is 24.4 Å². The molecule has 1 aromatic rings. The van der Waals surface area contributed by atoms with Crippen LogP contribution in [0.15, 0.2) is 47.5 Å². The van der Waals surface area contributed by atoms with E-state index in [0.717, 1.165) is 5.69 Å². The lowest BCUT2D eigenvalue weighted by Crippen LogP contribution is -2.40. The lowest BCUT2D eigenvalue weighted by Gasteiger charge is -2.17. The van der Waals surface area contributed by atoms with Gasteiger partial charge in [-0.25, -0.2) is 0 Å². The molecule has 0 radical (unpaired) electrons. The Balaban J connectivity index is 1.27. The van der Waals surface area contributed by atoms with E-state index in [1.807, 2.05) is 42.5 Å². The lowest BCUT2D eigenvalue weighted by molar-refractivity contribution is -0.142. The zero-order chi connectivity index (χ0) is 19.0. The Morgan fingerprint density at radius 1 is 1.15 bits per heavy atom. The predicted molar refractivity (Wildman–Crippen MR) is 104 cm³/mol. The van der Waals surface area contributed by atoms with Crippen LogP contribution < -0.4 is 16.4 Å². The topological polar surface area (TPSA) is 109 Å². The van der Waals surface area contributed by atoms with Gasteiger partial charge in [-0.15, -0.1) is 0 Å². The number of nitrogens with zero attached hydrogens (tertiary/aromatic N) is 2. The quantitative estimate of drug-likeness (QED) is 0.224. The molecule has 2 bridgehead atoms. The molecule has 4 atom stereocenters. The summed E-state index contributed by atoms with van der Waals surface area (Å²) in [6.07, 6.45) is 3.18. The van der Waals surface area contributed by atoms with Crippen molar-refractivity contribution in [3.63, 3.8) is 0 Å². The molecule has 3 aliphatic heterocycles. The van der Waals surface area contributed by atoms with E-state index >= 15 is 0 Å². The lowest BCUT2D eigenvalue weighted by atomic mass is 9.85. The van der Waals surface area contributed by atoms with Crippen molar-refractivity contribution in [2.24, 2.45) is 22.6 Å². The fourth-order valence-electron chi connectivity index (χ4n) is 3.71. The summed E-state index contributed by atoms with van der Waals surface area (Å²) in [5.41, 5.74) is 6.61. The van der Waals surface area contributed by atoms with E-state index in [9.17, 15) is 9.59 Å². The standard InChI is InChI=1S/C18H19N5O3S/c19-17(21-10-4-2-1-3-5-10)22-18(27)20-8-9-23-15(24)13-11-6-7-12(26-11)14(13)16(23)25/h1-7,11-14H,8-9H2,(H4,19,20,21,22,27). The second-order valence-electron chi connectivity index (χ2n) is 6.55. The third-order valence-electron chi connectivity index (χ3n) is 4.88. The van der Waals surface area contributed by atoms with Crippen molar-refractivity contribution >= 4 is 40.8 Å². The van der Waals surface area contributed by atoms with Crippen molar-refractivity contribution in [1.82, 2.24) is 10.2 Å². The second kappa shape index (κ2) is 7.09. The van der Waals surface area contributed by atoms with Gasteiger partial charge in [-0.2, -0.15) is 4.99 Å². The van der Waals surface area contributed by atoms with Gasteiger partial charge in [0.2, 0.25) is 17.8 Å². The molecule has 1 aromatic carbocycles. The van der Waals surface area contributed by atoms with E-state index < -0.39 is 0 Å². The van der Waals surface area contributed by atoms with E-state index in [2.05, 4.69) is 15.6 Å². The summed E-state index contributed by atoms with van der Waals surface area (Å²) in [6.45, 7) is 0.535. The molecule has 0 spiro atoms. The average Bonchev–Trinajstić information content (AvgIpc) is 3.32. The number of carbonyl (C=O) groups is 2. The molecule has 4 rings (SSSR count). The van der Waals surface area contributed by atoms with Crippen LogP contribution in [-0.2, 0) is 14.3 Å². The molecule has 2 fully saturated rings. The highest BCUT2D eigenvalue weighted by atomic mass is 32.1. The third-order valence-corrected chi connectivity index (χ3v) is 5.12. The van der Waals surface area contributed by atoms with Crippen molar-refractivity contribution < 1.29 is 14.3 Å². The molecular formula is C18H19N5O3S.